The first-order chi connectivity index (χ1) is 11.4. The molecule has 2 aromatic rings. The molecule has 2 aromatic carbocycles. The lowest BCUT2D eigenvalue weighted by molar-refractivity contribution is 0.104. The number of aliphatic hydroxyl groups excluding tert-OH is 1. The van der Waals surface area contributed by atoms with Crippen molar-refractivity contribution < 1.29 is 9.84 Å². The lowest BCUT2D eigenvalue weighted by Gasteiger charge is -2.20. The molecule has 0 unspecified atom stereocenters. The Labute approximate surface area is 145 Å². The Bertz CT molecular complexity index is 602. The summed E-state index contributed by atoms with van der Waals surface area (Å²) in [6.07, 6.45) is -0.543. The Morgan fingerprint density at radius 1 is 1.00 bits per heavy atom. The summed E-state index contributed by atoms with van der Waals surface area (Å²) in [5.74, 6) is 0.790. The normalized spacial score (nSPS) is 14.2. The van der Waals surface area contributed by atoms with Crippen molar-refractivity contribution in [2.45, 2.75) is 45.3 Å². The van der Waals surface area contributed by atoms with Crippen molar-refractivity contribution in [1.82, 2.24) is 5.32 Å². The van der Waals surface area contributed by atoms with Crippen molar-refractivity contribution in [2.24, 2.45) is 0 Å². The molecule has 0 saturated carbocycles. The van der Waals surface area contributed by atoms with Crippen LogP contribution in [-0.4, -0.2) is 24.4 Å². The summed E-state index contributed by atoms with van der Waals surface area (Å²) in [5.41, 5.74) is 2.62. The predicted molar refractivity (Wildman–Crippen MR) is 99.5 cm³/mol. The van der Waals surface area contributed by atoms with Crippen molar-refractivity contribution in [3.05, 3.63) is 65.7 Å². The monoisotopic (exact) mass is 327 g/mol. The topological polar surface area (TPSA) is 41.5 Å². The van der Waals surface area contributed by atoms with E-state index in [4.69, 9.17) is 4.74 Å². The second kappa shape index (κ2) is 8.32. The van der Waals surface area contributed by atoms with E-state index < -0.39 is 6.10 Å². The third-order valence-electron chi connectivity index (χ3n) is 4.12. The minimum atomic E-state index is -0.543. The van der Waals surface area contributed by atoms with Gasteiger partial charge < -0.3 is 15.2 Å². The molecule has 0 spiro atoms. The van der Waals surface area contributed by atoms with Crippen molar-refractivity contribution >= 4 is 0 Å². The fourth-order valence-electron chi connectivity index (χ4n) is 2.47. The molecule has 0 fully saturated rings. The van der Waals surface area contributed by atoms with Crippen LogP contribution < -0.4 is 10.1 Å². The van der Waals surface area contributed by atoms with Crippen molar-refractivity contribution in [3.8, 4) is 5.75 Å². The number of ether oxygens (including phenoxy) is 1. The lowest BCUT2D eigenvalue weighted by Crippen LogP contribution is -2.33. The third kappa shape index (κ3) is 5.66. The highest BCUT2D eigenvalue weighted by atomic mass is 16.5. The zero-order valence-corrected chi connectivity index (χ0v) is 15.1. The molecule has 0 saturated heterocycles. The van der Waals surface area contributed by atoms with Gasteiger partial charge in [-0.25, -0.2) is 0 Å². The number of benzene rings is 2. The molecule has 2 rings (SSSR count). The van der Waals surface area contributed by atoms with Gasteiger partial charge in [0.05, 0.1) is 0 Å². The van der Waals surface area contributed by atoms with Crippen LogP contribution >= 0.6 is 0 Å². The van der Waals surface area contributed by atoms with Crippen LogP contribution in [0.2, 0.25) is 0 Å². The first-order valence-electron chi connectivity index (χ1n) is 8.56. The van der Waals surface area contributed by atoms with E-state index >= 15 is 0 Å². The van der Waals surface area contributed by atoms with Crippen LogP contribution in [0.3, 0.4) is 0 Å². The second-order valence-corrected chi connectivity index (χ2v) is 7.28. The zero-order chi connectivity index (χ0) is 17.6. The average Bonchev–Trinajstić information content (AvgIpc) is 2.58. The molecule has 0 aliphatic heterocycles. The van der Waals surface area contributed by atoms with E-state index in [0.29, 0.717) is 6.54 Å². The molecule has 2 N–H and O–H groups in total. The third-order valence-corrected chi connectivity index (χ3v) is 4.12. The highest BCUT2D eigenvalue weighted by molar-refractivity contribution is 5.31. The molecular weight excluding hydrogens is 298 g/mol. The standard InChI is InChI=1S/C21H29NO2/c1-16(17-8-6-5-7-9-17)22-14-19(23)15-24-20-12-10-18(11-13-20)21(2,3)4/h5-13,16,19,22-23H,14-15H2,1-4H3/t16-,19+/m0/s1. The molecule has 130 valence electrons. The molecule has 0 amide bonds. The first kappa shape index (κ1) is 18.5. The van der Waals surface area contributed by atoms with E-state index in [0.717, 1.165) is 5.75 Å². The maximum absolute atomic E-state index is 10.1. The molecule has 0 aliphatic carbocycles. The number of hydrogen-bond acceptors (Lipinski definition) is 3. The summed E-state index contributed by atoms with van der Waals surface area (Å²) in [5, 5.41) is 13.4. The minimum absolute atomic E-state index is 0.134. The van der Waals surface area contributed by atoms with E-state index in [-0.39, 0.29) is 18.1 Å². The van der Waals surface area contributed by atoms with Gasteiger partial charge in [-0.2, -0.15) is 0 Å². The lowest BCUT2D eigenvalue weighted by atomic mass is 9.87. The van der Waals surface area contributed by atoms with Crippen LogP contribution in [0, 0.1) is 0 Å². The van der Waals surface area contributed by atoms with Gasteiger partial charge in [-0.15, -0.1) is 0 Å². The van der Waals surface area contributed by atoms with Gasteiger partial charge in [0, 0.05) is 12.6 Å². The van der Waals surface area contributed by atoms with Crippen LogP contribution in [0.4, 0.5) is 0 Å². The van der Waals surface area contributed by atoms with Crippen molar-refractivity contribution in [2.75, 3.05) is 13.2 Å². The number of hydrogen-bond donors (Lipinski definition) is 2. The van der Waals surface area contributed by atoms with Crippen LogP contribution in [0.25, 0.3) is 0 Å². The fraction of sp³-hybridized carbons (Fsp3) is 0.429. The Hall–Kier alpha value is -1.84. The second-order valence-electron chi connectivity index (χ2n) is 7.28. The largest absolute Gasteiger partial charge is 0.491 e. The summed E-state index contributed by atoms with van der Waals surface area (Å²) < 4.78 is 5.68. The molecule has 0 radical (unpaired) electrons. The smallest absolute Gasteiger partial charge is 0.119 e. The van der Waals surface area contributed by atoms with Crippen LogP contribution in [0.1, 0.15) is 44.9 Å². The van der Waals surface area contributed by atoms with Crippen LogP contribution in [-0.2, 0) is 5.41 Å². The Morgan fingerprint density at radius 2 is 1.62 bits per heavy atom. The molecule has 0 heterocycles. The summed E-state index contributed by atoms with van der Waals surface area (Å²) in [6.45, 7) is 9.43. The zero-order valence-electron chi connectivity index (χ0n) is 15.1. The molecular formula is C21H29NO2. The molecule has 0 aliphatic rings. The molecule has 0 bridgehead atoms. The van der Waals surface area contributed by atoms with Gasteiger partial charge in [-0.1, -0.05) is 63.2 Å². The summed E-state index contributed by atoms with van der Waals surface area (Å²) >= 11 is 0. The maximum Gasteiger partial charge on any atom is 0.119 e. The van der Waals surface area contributed by atoms with Crippen LogP contribution in [0.15, 0.2) is 54.6 Å². The Morgan fingerprint density at radius 3 is 2.21 bits per heavy atom. The van der Waals surface area contributed by atoms with Gasteiger partial charge >= 0.3 is 0 Å². The predicted octanol–water partition coefficient (Wildman–Crippen LogP) is 4.07. The van der Waals surface area contributed by atoms with E-state index in [1.807, 2.05) is 30.3 Å². The summed E-state index contributed by atoms with van der Waals surface area (Å²) in [6, 6.07) is 18.5. The average molecular weight is 327 g/mol. The molecule has 0 aromatic heterocycles. The first-order valence-corrected chi connectivity index (χ1v) is 8.56. The Kier molecular flexibility index (Phi) is 6.41. The quantitative estimate of drug-likeness (QED) is 0.805. The highest BCUT2D eigenvalue weighted by Crippen LogP contribution is 2.24. The van der Waals surface area contributed by atoms with Crippen LogP contribution in [0.5, 0.6) is 5.75 Å². The number of rotatable bonds is 7. The maximum atomic E-state index is 10.1. The van der Waals surface area contributed by atoms with Crippen molar-refractivity contribution in [3.63, 3.8) is 0 Å². The van der Waals surface area contributed by atoms with Gasteiger partial charge in [0.15, 0.2) is 0 Å². The SMILES string of the molecule is C[C@H](NC[C@@H](O)COc1ccc(C(C)(C)C)cc1)c1ccccc1. The molecule has 2 atom stereocenters. The number of aliphatic hydroxyl groups is 1. The molecule has 3 heteroatoms. The van der Waals surface area contributed by atoms with Gasteiger partial charge in [0.25, 0.3) is 0 Å². The molecule has 24 heavy (non-hydrogen) atoms. The van der Waals surface area contributed by atoms with E-state index in [2.05, 4.69) is 57.3 Å². The van der Waals surface area contributed by atoms with Gasteiger partial charge in [-0.3, -0.25) is 0 Å². The summed E-state index contributed by atoms with van der Waals surface area (Å²) in [4.78, 5) is 0. The highest BCUT2D eigenvalue weighted by Gasteiger charge is 2.13. The van der Waals surface area contributed by atoms with E-state index in [1.54, 1.807) is 0 Å². The Balaban J connectivity index is 1.76. The van der Waals surface area contributed by atoms with Gasteiger partial charge in [0.2, 0.25) is 0 Å². The van der Waals surface area contributed by atoms with Gasteiger partial charge in [0.1, 0.15) is 18.5 Å². The van der Waals surface area contributed by atoms with Crippen molar-refractivity contribution in [1.29, 1.82) is 0 Å². The summed E-state index contributed by atoms with van der Waals surface area (Å²) in [7, 11) is 0. The van der Waals surface area contributed by atoms with E-state index in [1.165, 1.54) is 11.1 Å². The molecule has 3 nitrogen and oxygen atoms in total. The van der Waals surface area contributed by atoms with E-state index in [9.17, 15) is 5.11 Å². The number of nitrogens with one attached hydrogen (secondary N) is 1. The fourth-order valence-corrected chi connectivity index (χ4v) is 2.47. The van der Waals surface area contributed by atoms with Gasteiger partial charge in [-0.05, 0) is 35.6 Å². The minimum Gasteiger partial charge on any atom is -0.491 e.